The zero-order valence-corrected chi connectivity index (χ0v) is 12.2. The molecule has 0 aromatic carbocycles. The maximum atomic E-state index is 3.96. The molecule has 2 unspecified atom stereocenters. The zero-order chi connectivity index (χ0) is 12.4. The standard InChI is InChI=1S/C16H25NS/c1-12(13-6-3-2-4-7-13)17-16(14-9-10-14)15-8-5-11-18-15/h5,8,11-14,16-17H,2-4,6-7,9-10H2,1H3. The van der Waals surface area contributed by atoms with E-state index in [-0.39, 0.29) is 0 Å². The van der Waals surface area contributed by atoms with Crippen molar-refractivity contribution in [1.82, 2.24) is 5.32 Å². The van der Waals surface area contributed by atoms with Gasteiger partial charge in [-0.2, -0.15) is 0 Å². The summed E-state index contributed by atoms with van der Waals surface area (Å²) in [6.45, 7) is 2.42. The second kappa shape index (κ2) is 5.75. The highest BCUT2D eigenvalue weighted by Gasteiger charge is 2.34. The third-order valence-electron chi connectivity index (χ3n) is 4.74. The van der Waals surface area contributed by atoms with Crippen molar-refractivity contribution in [2.75, 3.05) is 0 Å². The fourth-order valence-corrected chi connectivity index (χ4v) is 4.28. The molecule has 2 aliphatic carbocycles. The first-order chi connectivity index (χ1) is 8.84. The lowest BCUT2D eigenvalue weighted by molar-refractivity contribution is 0.258. The summed E-state index contributed by atoms with van der Waals surface area (Å²) >= 11 is 1.93. The first-order valence-corrected chi connectivity index (χ1v) is 8.52. The van der Waals surface area contributed by atoms with Crippen molar-refractivity contribution in [2.24, 2.45) is 11.8 Å². The average molecular weight is 263 g/mol. The third kappa shape index (κ3) is 2.97. The first-order valence-electron chi connectivity index (χ1n) is 7.64. The fourth-order valence-electron chi connectivity index (χ4n) is 3.40. The summed E-state index contributed by atoms with van der Waals surface area (Å²) in [4.78, 5) is 1.56. The Labute approximate surface area is 115 Å². The Hall–Kier alpha value is -0.340. The predicted octanol–water partition coefficient (Wildman–Crippen LogP) is 4.76. The van der Waals surface area contributed by atoms with E-state index in [4.69, 9.17) is 0 Å². The van der Waals surface area contributed by atoms with Crippen molar-refractivity contribution in [3.8, 4) is 0 Å². The molecule has 1 aromatic rings. The molecule has 3 rings (SSSR count). The molecule has 18 heavy (non-hydrogen) atoms. The van der Waals surface area contributed by atoms with E-state index in [2.05, 4.69) is 29.8 Å². The van der Waals surface area contributed by atoms with Gasteiger partial charge in [0.05, 0.1) is 0 Å². The second-order valence-corrected chi connectivity index (χ2v) is 7.16. The molecule has 1 nitrogen and oxygen atoms in total. The van der Waals surface area contributed by atoms with Crippen molar-refractivity contribution in [1.29, 1.82) is 0 Å². The Bertz CT molecular complexity index is 349. The SMILES string of the molecule is CC(NC(c1cccs1)C1CC1)C1CCCCC1. The van der Waals surface area contributed by atoms with Crippen LogP contribution in [-0.4, -0.2) is 6.04 Å². The van der Waals surface area contributed by atoms with Crippen molar-refractivity contribution in [3.05, 3.63) is 22.4 Å². The smallest absolute Gasteiger partial charge is 0.0445 e. The van der Waals surface area contributed by atoms with Crippen LogP contribution in [0.15, 0.2) is 17.5 Å². The van der Waals surface area contributed by atoms with Gasteiger partial charge in [-0.05, 0) is 55.9 Å². The monoisotopic (exact) mass is 263 g/mol. The molecule has 0 saturated heterocycles. The summed E-state index contributed by atoms with van der Waals surface area (Å²) in [5.41, 5.74) is 0. The number of rotatable bonds is 5. The third-order valence-corrected chi connectivity index (χ3v) is 5.70. The Morgan fingerprint density at radius 3 is 2.50 bits per heavy atom. The van der Waals surface area contributed by atoms with Crippen molar-refractivity contribution >= 4 is 11.3 Å². The molecule has 1 aromatic heterocycles. The van der Waals surface area contributed by atoms with Crippen LogP contribution in [0, 0.1) is 11.8 Å². The van der Waals surface area contributed by atoms with Gasteiger partial charge in [-0.15, -0.1) is 11.3 Å². The molecule has 1 heterocycles. The van der Waals surface area contributed by atoms with Crippen LogP contribution in [0.25, 0.3) is 0 Å². The molecule has 0 amide bonds. The fraction of sp³-hybridized carbons (Fsp3) is 0.750. The quantitative estimate of drug-likeness (QED) is 0.808. The van der Waals surface area contributed by atoms with E-state index >= 15 is 0 Å². The van der Waals surface area contributed by atoms with E-state index in [0.29, 0.717) is 12.1 Å². The van der Waals surface area contributed by atoms with Gasteiger partial charge in [0.15, 0.2) is 0 Å². The minimum Gasteiger partial charge on any atom is -0.306 e. The zero-order valence-electron chi connectivity index (χ0n) is 11.4. The molecule has 0 aliphatic heterocycles. The molecule has 0 bridgehead atoms. The van der Waals surface area contributed by atoms with Crippen molar-refractivity contribution < 1.29 is 0 Å². The van der Waals surface area contributed by atoms with Gasteiger partial charge >= 0.3 is 0 Å². The molecule has 2 heteroatoms. The van der Waals surface area contributed by atoms with Gasteiger partial charge in [0.25, 0.3) is 0 Å². The molecule has 2 atom stereocenters. The van der Waals surface area contributed by atoms with Crippen LogP contribution in [0.1, 0.15) is 62.8 Å². The summed E-state index contributed by atoms with van der Waals surface area (Å²) in [6.07, 6.45) is 10.1. The van der Waals surface area contributed by atoms with E-state index in [1.54, 1.807) is 4.88 Å². The molecule has 2 fully saturated rings. The molecule has 100 valence electrons. The maximum Gasteiger partial charge on any atom is 0.0445 e. The number of thiophene rings is 1. The van der Waals surface area contributed by atoms with Gasteiger partial charge < -0.3 is 5.32 Å². The largest absolute Gasteiger partial charge is 0.306 e. The number of nitrogens with one attached hydrogen (secondary N) is 1. The van der Waals surface area contributed by atoms with Crippen LogP contribution in [0.3, 0.4) is 0 Å². The number of hydrogen-bond acceptors (Lipinski definition) is 2. The molecule has 2 aliphatic rings. The van der Waals surface area contributed by atoms with Gasteiger partial charge in [0, 0.05) is 17.0 Å². The molecule has 0 spiro atoms. The highest BCUT2D eigenvalue weighted by atomic mass is 32.1. The molecule has 0 radical (unpaired) electrons. The predicted molar refractivity (Wildman–Crippen MR) is 79.0 cm³/mol. The van der Waals surface area contributed by atoms with Gasteiger partial charge in [-0.25, -0.2) is 0 Å². The summed E-state index contributed by atoms with van der Waals surface area (Å²) in [7, 11) is 0. The van der Waals surface area contributed by atoms with E-state index < -0.39 is 0 Å². The first kappa shape index (κ1) is 12.7. The van der Waals surface area contributed by atoms with Crippen LogP contribution in [0.4, 0.5) is 0 Å². The van der Waals surface area contributed by atoms with Crippen LogP contribution < -0.4 is 5.32 Å². The molecule has 2 saturated carbocycles. The van der Waals surface area contributed by atoms with E-state index in [9.17, 15) is 0 Å². The Morgan fingerprint density at radius 2 is 1.89 bits per heavy atom. The van der Waals surface area contributed by atoms with Gasteiger partial charge in [-0.1, -0.05) is 25.3 Å². The Kier molecular flexibility index (Phi) is 4.05. The lowest BCUT2D eigenvalue weighted by Crippen LogP contribution is -2.37. The van der Waals surface area contributed by atoms with Crippen LogP contribution in [-0.2, 0) is 0 Å². The molecular formula is C16H25NS. The van der Waals surface area contributed by atoms with E-state index in [1.807, 2.05) is 11.3 Å². The Balaban J connectivity index is 1.61. The molecule has 1 N–H and O–H groups in total. The summed E-state index contributed by atoms with van der Waals surface area (Å²) in [5, 5.41) is 6.18. The minimum absolute atomic E-state index is 0.641. The van der Waals surface area contributed by atoms with Gasteiger partial charge in [0.2, 0.25) is 0 Å². The van der Waals surface area contributed by atoms with E-state index in [1.165, 1.54) is 44.9 Å². The van der Waals surface area contributed by atoms with Crippen molar-refractivity contribution in [3.63, 3.8) is 0 Å². The number of hydrogen-bond donors (Lipinski definition) is 1. The van der Waals surface area contributed by atoms with Crippen molar-refractivity contribution in [2.45, 2.75) is 64.0 Å². The average Bonchev–Trinajstić information content (AvgIpc) is 3.11. The lowest BCUT2D eigenvalue weighted by atomic mass is 9.84. The maximum absolute atomic E-state index is 3.96. The highest BCUT2D eigenvalue weighted by molar-refractivity contribution is 7.10. The summed E-state index contributed by atoms with van der Waals surface area (Å²) < 4.78 is 0. The summed E-state index contributed by atoms with van der Waals surface area (Å²) in [6, 6.07) is 5.84. The van der Waals surface area contributed by atoms with Crippen LogP contribution in [0.2, 0.25) is 0 Å². The highest BCUT2D eigenvalue weighted by Crippen LogP contribution is 2.43. The minimum atomic E-state index is 0.641. The van der Waals surface area contributed by atoms with Gasteiger partial charge in [0.1, 0.15) is 0 Å². The van der Waals surface area contributed by atoms with Crippen LogP contribution >= 0.6 is 11.3 Å². The lowest BCUT2D eigenvalue weighted by Gasteiger charge is -2.31. The van der Waals surface area contributed by atoms with E-state index in [0.717, 1.165) is 11.8 Å². The second-order valence-electron chi connectivity index (χ2n) is 6.18. The van der Waals surface area contributed by atoms with Gasteiger partial charge in [-0.3, -0.25) is 0 Å². The molecular weight excluding hydrogens is 238 g/mol. The topological polar surface area (TPSA) is 12.0 Å². The van der Waals surface area contributed by atoms with Crippen LogP contribution in [0.5, 0.6) is 0 Å². The normalized spacial score (nSPS) is 24.9. The summed E-state index contributed by atoms with van der Waals surface area (Å²) in [5.74, 6) is 1.83. The Morgan fingerprint density at radius 1 is 1.11 bits per heavy atom.